The number of nitrogens with two attached hydrogens (primary N) is 1. The molecule has 4 nitrogen and oxygen atoms in total. The second-order valence-corrected chi connectivity index (χ2v) is 6.11. The Bertz CT molecular complexity index is 491. The topological polar surface area (TPSA) is 63.4 Å². The van der Waals surface area contributed by atoms with E-state index in [1.54, 1.807) is 13.0 Å². The van der Waals surface area contributed by atoms with Gasteiger partial charge in [0.15, 0.2) is 0 Å². The van der Waals surface area contributed by atoms with Crippen LogP contribution in [0.2, 0.25) is 10.0 Å². The molecule has 2 N–H and O–H groups in total. The minimum absolute atomic E-state index is 0.0157. The number of nitrogens with zero attached hydrogens (tertiary/aromatic N) is 1. The van der Waals surface area contributed by atoms with E-state index in [-0.39, 0.29) is 23.0 Å². The van der Waals surface area contributed by atoms with E-state index >= 15 is 0 Å². The van der Waals surface area contributed by atoms with Gasteiger partial charge in [-0.25, -0.2) is 8.42 Å². The average Bonchev–Trinajstić information content (AvgIpc) is 2.28. The zero-order valence-corrected chi connectivity index (χ0v) is 11.7. The van der Waals surface area contributed by atoms with Gasteiger partial charge in [-0.1, -0.05) is 30.1 Å². The number of hydrogen-bond acceptors (Lipinski definition) is 3. The molecule has 0 aromatic heterocycles. The van der Waals surface area contributed by atoms with E-state index in [4.69, 9.17) is 28.9 Å². The summed E-state index contributed by atoms with van der Waals surface area (Å²) >= 11 is 11.7. The molecular weight excluding hydrogens is 283 g/mol. The Morgan fingerprint density at radius 1 is 1.35 bits per heavy atom. The van der Waals surface area contributed by atoms with Gasteiger partial charge in [0.25, 0.3) is 0 Å². The standard InChI is InChI=1S/C10H14Cl2N2O2S/c1-2-14(6-5-13)17(15,16)10-7-8(11)3-4-9(10)12/h3-4,7H,2,5-6,13H2,1H3. The van der Waals surface area contributed by atoms with Crippen molar-refractivity contribution in [1.82, 2.24) is 4.31 Å². The van der Waals surface area contributed by atoms with Gasteiger partial charge in [-0.05, 0) is 18.2 Å². The number of sulfonamides is 1. The molecule has 1 aromatic carbocycles. The molecule has 7 heteroatoms. The SMILES string of the molecule is CCN(CCN)S(=O)(=O)c1cc(Cl)ccc1Cl. The quantitative estimate of drug-likeness (QED) is 0.903. The van der Waals surface area contributed by atoms with Crippen molar-refractivity contribution >= 4 is 33.2 Å². The van der Waals surface area contributed by atoms with Crippen LogP contribution in [0.3, 0.4) is 0 Å². The lowest BCUT2D eigenvalue weighted by Crippen LogP contribution is -2.35. The Labute approximate surface area is 111 Å². The van der Waals surface area contributed by atoms with Gasteiger partial charge in [-0.2, -0.15) is 4.31 Å². The maximum atomic E-state index is 12.3. The number of hydrogen-bond donors (Lipinski definition) is 1. The van der Waals surface area contributed by atoms with Crippen LogP contribution in [-0.2, 0) is 10.0 Å². The maximum Gasteiger partial charge on any atom is 0.244 e. The lowest BCUT2D eigenvalue weighted by atomic mass is 10.4. The number of benzene rings is 1. The van der Waals surface area contributed by atoms with Gasteiger partial charge in [-0.3, -0.25) is 0 Å². The molecule has 0 heterocycles. The summed E-state index contributed by atoms with van der Waals surface area (Å²) in [5.74, 6) is 0. The normalized spacial score (nSPS) is 12.1. The van der Waals surface area contributed by atoms with Crippen molar-refractivity contribution in [3.05, 3.63) is 28.2 Å². The molecule has 0 radical (unpaired) electrons. The summed E-state index contributed by atoms with van der Waals surface area (Å²) in [7, 11) is -3.63. The average molecular weight is 297 g/mol. The highest BCUT2D eigenvalue weighted by molar-refractivity contribution is 7.89. The molecule has 0 amide bonds. The van der Waals surface area contributed by atoms with Gasteiger partial charge in [0.05, 0.1) is 5.02 Å². The fourth-order valence-corrected chi connectivity index (χ4v) is 3.61. The van der Waals surface area contributed by atoms with Gasteiger partial charge in [0.1, 0.15) is 4.90 Å². The summed E-state index contributed by atoms with van der Waals surface area (Å²) in [4.78, 5) is 0.0157. The smallest absolute Gasteiger partial charge is 0.244 e. The molecule has 96 valence electrons. The minimum atomic E-state index is -3.63. The van der Waals surface area contributed by atoms with E-state index in [0.717, 1.165) is 0 Å². The van der Waals surface area contributed by atoms with Crippen LogP contribution < -0.4 is 5.73 Å². The van der Waals surface area contributed by atoms with Crippen molar-refractivity contribution < 1.29 is 8.42 Å². The summed E-state index contributed by atoms with van der Waals surface area (Å²) in [5.41, 5.74) is 5.38. The Morgan fingerprint density at radius 2 is 2.00 bits per heavy atom. The van der Waals surface area contributed by atoms with Crippen LogP contribution in [0.15, 0.2) is 23.1 Å². The third kappa shape index (κ3) is 3.33. The van der Waals surface area contributed by atoms with Crippen molar-refractivity contribution in [2.24, 2.45) is 5.73 Å². The molecule has 0 fully saturated rings. The van der Waals surface area contributed by atoms with E-state index in [9.17, 15) is 8.42 Å². The summed E-state index contributed by atoms with van der Waals surface area (Å²) in [6.07, 6.45) is 0. The van der Waals surface area contributed by atoms with E-state index in [1.807, 2.05) is 0 Å². The summed E-state index contributed by atoms with van der Waals surface area (Å²) in [6, 6.07) is 4.35. The van der Waals surface area contributed by atoms with Crippen molar-refractivity contribution in [2.75, 3.05) is 19.6 Å². The molecule has 0 atom stereocenters. The first-order valence-electron chi connectivity index (χ1n) is 5.08. The van der Waals surface area contributed by atoms with E-state index in [1.165, 1.54) is 16.4 Å². The largest absolute Gasteiger partial charge is 0.329 e. The van der Waals surface area contributed by atoms with Crippen LogP contribution in [0.4, 0.5) is 0 Å². The molecule has 0 bridgehead atoms. The fraction of sp³-hybridized carbons (Fsp3) is 0.400. The van der Waals surface area contributed by atoms with Crippen LogP contribution >= 0.6 is 23.2 Å². The van der Waals surface area contributed by atoms with E-state index in [2.05, 4.69) is 0 Å². The first-order valence-corrected chi connectivity index (χ1v) is 7.28. The monoisotopic (exact) mass is 296 g/mol. The molecule has 1 aromatic rings. The highest BCUT2D eigenvalue weighted by atomic mass is 35.5. The highest BCUT2D eigenvalue weighted by Gasteiger charge is 2.25. The molecule has 0 aliphatic heterocycles. The van der Waals surface area contributed by atoms with Gasteiger partial charge < -0.3 is 5.73 Å². The molecule has 1 rings (SSSR count). The third-order valence-corrected chi connectivity index (χ3v) is 4.93. The predicted molar refractivity (Wildman–Crippen MR) is 69.9 cm³/mol. The van der Waals surface area contributed by atoms with Crippen LogP contribution in [0, 0.1) is 0 Å². The Hall–Kier alpha value is -0.330. The first-order chi connectivity index (χ1) is 7.93. The van der Waals surface area contributed by atoms with E-state index in [0.29, 0.717) is 11.6 Å². The number of rotatable bonds is 5. The highest BCUT2D eigenvalue weighted by Crippen LogP contribution is 2.27. The van der Waals surface area contributed by atoms with Crippen LogP contribution in [0.25, 0.3) is 0 Å². The molecule has 0 saturated carbocycles. The van der Waals surface area contributed by atoms with Crippen LogP contribution in [0.1, 0.15) is 6.92 Å². The Balaban J connectivity index is 3.24. The Morgan fingerprint density at radius 3 is 2.53 bits per heavy atom. The second kappa shape index (κ2) is 6.02. The molecule has 0 unspecified atom stereocenters. The van der Waals surface area contributed by atoms with Crippen molar-refractivity contribution in [3.8, 4) is 0 Å². The molecular formula is C10H14Cl2N2O2S. The predicted octanol–water partition coefficient (Wildman–Crippen LogP) is 1.96. The van der Waals surface area contributed by atoms with Crippen molar-refractivity contribution in [2.45, 2.75) is 11.8 Å². The lowest BCUT2D eigenvalue weighted by molar-refractivity contribution is 0.435. The molecule has 0 aliphatic carbocycles. The second-order valence-electron chi connectivity index (χ2n) is 3.36. The zero-order chi connectivity index (χ0) is 13.1. The maximum absolute atomic E-state index is 12.3. The molecule has 0 spiro atoms. The van der Waals surface area contributed by atoms with Gasteiger partial charge >= 0.3 is 0 Å². The van der Waals surface area contributed by atoms with Gasteiger partial charge in [-0.15, -0.1) is 0 Å². The summed E-state index contributed by atoms with van der Waals surface area (Å²) in [6.45, 7) is 2.58. The zero-order valence-electron chi connectivity index (χ0n) is 9.36. The van der Waals surface area contributed by atoms with Gasteiger partial charge in [0.2, 0.25) is 10.0 Å². The summed E-state index contributed by atoms with van der Waals surface area (Å²) < 4.78 is 25.8. The number of halogens is 2. The van der Waals surface area contributed by atoms with Crippen LogP contribution in [-0.4, -0.2) is 32.4 Å². The third-order valence-electron chi connectivity index (χ3n) is 2.24. The lowest BCUT2D eigenvalue weighted by Gasteiger charge is -2.20. The molecule has 17 heavy (non-hydrogen) atoms. The molecule has 0 saturated heterocycles. The van der Waals surface area contributed by atoms with E-state index < -0.39 is 10.0 Å². The fourth-order valence-electron chi connectivity index (χ4n) is 1.41. The number of likely N-dealkylation sites (N-methyl/N-ethyl adjacent to an activating group) is 1. The Kier molecular flexibility index (Phi) is 5.22. The molecule has 0 aliphatic rings. The van der Waals surface area contributed by atoms with Crippen molar-refractivity contribution in [3.63, 3.8) is 0 Å². The van der Waals surface area contributed by atoms with Crippen LogP contribution in [0.5, 0.6) is 0 Å². The minimum Gasteiger partial charge on any atom is -0.329 e. The van der Waals surface area contributed by atoms with Gasteiger partial charge in [0, 0.05) is 24.7 Å². The first kappa shape index (κ1) is 14.7. The van der Waals surface area contributed by atoms with Crippen molar-refractivity contribution in [1.29, 1.82) is 0 Å². The summed E-state index contributed by atoms with van der Waals surface area (Å²) in [5, 5.41) is 0.488.